The highest BCUT2D eigenvalue weighted by atomic mass is 16.5. The Morgan fingerprint density at radius 2 is 2.00 bits per heavy atom. The van der Waals surface area contributed by atoms with Gasteiger partial charge in [-0.1, -0.05) is 30.3 Å². The van der Waals surface area contributed by atoms with E-state index in [4.69, 9.17) is 15.2 Å². The minimum Gasteiger partial charge on any atom is -0.507 e. The summed E-state index contributed by atoms with van der Waals surface area (Å²) in [6, 6.07) is 9.87. The Morgan fingerprint density at radius 3 is 2.74 bits per heavy atom. The van der Waals surface area contributed by atoms with Gasteiger partial charge in [-0.15, -0.1) is 0 Å². The molecule has 2 atom stereocenters. The van der Waals surface area contributed by atoms with Gasteiger partial charge in [0.25, 0.3) is 0 Å². The number of carbonyl (C=O) groups excluding carboxylic acids is 2. The number of aromatic hydroxyl groups is 1. The number of ketones is 1. The van der Waals surface area contributed by atoms with Gasteiger partial charge in [0.15, 0.2) is 5.78 Å². The highest BCUT2D eigenvalue weighted by molar-refractivity contribution is 6.03. The lowest BCUT2D eigenvalue weighted by Gasteiger charge is -2.28. The summed E-state index contributed by atoms with van der Waals surface area (Å²) >= 11 is 0. The predicted octanol–water partition coefficient (Wildman–Crippen LogP) is 2.98. The molecule has 0 aromatic heterocycles. The number of amides is 2. The molecule has 4 N–H and O–H groups in total. The van der Waals surface area contributed by atoms with E-state index in [9.17, 15) is 14.7 Å². The molecule has 2 unspecified atom stereocenters. The van der Waals surface area contributed by atoms with Gasteiger partial charge in [-0.3, -0.25) is 4.79 Å². The van der Waals surface area contributed by atoms with E-state index in [1.807, 2.05) is 30.3 Å². The van der Waals surface area contributed by atoms with Gasteiger partial charge in [-0.05, 0) is 18.4 Å². The smallest absolute Gasteiger partial charge is 0.312 e. The summed E-state index contributed by atoms with van der Waals surface area (Å²) in [6.07, 6.45) is 0.918. The Kier molecular flexibility index (Phi) is 4.35. The molecule has 27 heavy (non-hydrogen) atoms. The van der Waals surface area contributed by atoms with E-state index in [1.165, 1.54) is 0 Å². The largest absolute Gasteiger partial charge is 0.507 e. The Bertz CT molecular complexity index is 897. The zero-order chi connectivity index (χ0) is 19.0. The quantitative estimate of drug-likeness (QED) is 0.755. The summed E-state index contributed by atoms with van der Waals surface area (Å²) in [7, 11) is 0. The molecule has 0 spiro atoms. The van der Waals surface area contributed by atoms with Crippen LogP contribution in [0.25, 0.3) is 0 Å². The number of benzene rings is 2. The normalized spacial score (nSPS) is 21.1. The second kappa shape index (κ2) is 6.83. The van der Waals surface area contributed by atoms with Crippen LogP contribution in [0.2, 0.25) is 0 Å². The minimum atomic E-state index is -0.698. The monoisotopic (exact) mass is 368 g/mol. The molecule has 2 heterocycles. The molecular weight excluding hydrogens is 348 g/mol. The van der Waals surface area contributed by atoms with Crippen molar-refractivity contribution in [3.63, 3.8) is 0 Å². The third-order valence-electron chi connectivity index (χ3n) is 4.92. The molecule has 0 fully saturated rings. The van der Waals surface area contributed by atoms with E-state index in [0.29, 0.717) is 30.8 Å². The van der Waals surface area contributed by atoms with E-state index in [1.54, 1.807) is 6.07 Å². The number of hydrogen-bond acceptors (Lipinski definition) is 5. The van der Waals surface area contributed by atoms with Gasteiger partial charge in [0.05, 0.1) is 24.6 Å². The summed E-state index contributed by atoms with van der Waals surface area (Å²) in [4.78, 5) is 24.1. The molecule has 0 radical (unpaired) electrons. The molecule has 4 rings (SSSR count). The van der Waals surface area contributed by atoms with Crippen LogP contribution in [-0.2, 0) is 0 Å². The first-order chi connectivity index (χ1) is 13.0. The number of Topliss-reactive ketones (excluding diaryl/α,β-unsaturated/α-hetero) is 1. The summed E-state index contributed by atoms with van der Waals surface area (Å²) in [5.41, 5.74) is 6.66. The molecule has 0 saturated heterocycles. The summed E-state index contributed by atoms with van der Waals surface area (Å²) < 4.78 is 11.8. The Balaban J connectivity index is 1.78. The fourth-order valence-corrected chi connectivity index (χ4v) is 3.70. The minimum absolute atomic E-state index is 0.123. The molecule has 7 heteroatoms. The maximum absolute atomic E-state index is 12.8. The molecule has 2 aliphatic heterocycles. The van der Waals surface area contributed by atoms with Gasteiger partial charge in [0, 0.05) is 6.07 Å². The van der Waals surface area contributed by atoms with Gasteiger partial charge in [-0.2, -0.15) is 0 Å². The fourth-order valence-electron chi connectivity index (χ4n) is 3.70. The van der Waals surface area contributed by atoms with Crippen molar-refractivity contribution in [1.82, 2.24) is 5.32 Å². The molecular formula is C20H20N2O5. The van der Waals surface area contributed by atoms with Crippen molar-refractivity contribution < 1.29 is 24.2 Å². The molecule has 2 aromatic rings. The van der Waals surface area contributed by atoms with Gasteiger partial charge in [0.2, 0.25) is 0 Å². The average Bonchev–Trinajstić information content (AvgIpc) is 2.84. The van der Waals surface area contributed by atoms with Crippen molar-refractivity contribution in [2.75, 3.05) is 6.61 Å². The van der Waals surface area contributed by atoms with Crippen molar-refractivity contribution in [1.29, 1.82) is 0 Å². The number of carbonyl (C=O) groups is 2. The van der Waals surface area contributed by atoms with Crippen LogP contribution >= 0.6 is 0 Å². The van der Waals surface area contributed by atoms with Crippen LogP contribution in [0.5, 0.6) is 17.2 Å². The number of phenolic OH excluding ortho intramolecular Hbond substituents is 1. The molecule has 140 valence electrons. The number of ether oxygens (including phenoxy) is 2. The van der Waals surface area contributed by atoms with Crippen LogP contribution in [0.4, 0.5) is 4.79 Å². The number of primary amides is 1. The van der Waals surface area contributed by atoms with E-state index in [-0.39, 0.29) is 29.3 Å². The summed E-state index contributed by atoms with van der Waals surface area (Å²) in [5, 5.41) is 13.5. The van der Waals surface area contributed by atoms with E-state index in [0.717, 1.165) is 5.56 Å². The third kappa shape index (κ3) is 3.16. The van der Waals surface area contributed by atoms with Crippen LogP contribution in [0.1, 0.15) is 52.9 Å². The van der Waals surface area contributed by atoms with Crippen LogP contribution < -0.4 is 20.5 Å². The zero-order valence-electron chi connectivity index (χ0n) is 14.6. The number of fused-ring (bicyclic) bond motifs is 2. The molecule has 0 saturated carbocycles. The standard InChI is InChI=1S/C20H20N2O5/c21-20(25)22-12-7-4-8-26-15-10-16-18(19(24)17(12)15)13(23)9-14(27-16)11-5-2-1-3-6-11/h1-3,5-6,10,12,14,24H,4,7-9H2,(H3,21,22,25). The first kappa shape index (κ1) is 17.2. The van der Waals surface area contributed by atoms with Gasteiger partial charge in [-0.25, -0.2) is 4.79 Å². The molecule has 7 nitrogen and oxygen atoms in total. The Labute approximate surface area is 156 Å². The molecule has 0 aliphatic carbocycles. The summed E-state index contributed by atoms with van der Waals surface area (Å²) in [5.74, 6) is 0.257. The Hall–Kier alpha value is -3.22. The van der Waals surface area contributed by atoms with E-state index >= 15 is 0 Å². The van der Waals surface area contributed by atoms with Gasteiger partial charge < -0.3 is 25.6 Å². The SMILES string of the molecule is NC(=O)NC1CCCOc2cc3c(c(O)c21)C(=O)CC(c1ccccc1)O3. The highest BCUT2D eigenvalue weighted by Gasteiger charge is 2.35. The van der Waals surface area contributed by atoms with E-state index in [2.05, 4.69) is 5.32 Å². The molecule has 0 bridgehead atoms. The Morgan fingerprint density at radius 1 is 1.22 bits per heavy atom. The number of nitrogens with one attached hydrogen (secondary N) is 1. The zero-order valence-corrected chi connectivity index (χ0v) is 14.6. The van der Waals surface area contributed by atoms with Crippen molar-refractivity contribution in [2.24, 2.45) is 5.73 Å². The lowest BCUT2D eigenvalue weighted by molar-refractivity contribution is 0.0844. The topological polar surface area (TPSA) is 111 Å². The lowest BCUT2D eigenvalue weighted by atomic mass is 9.91. The van der Waals surface area contributed by atoms with Crippen LogP contribution in [0.3, 0.4) is 0 Å². The first-order valence-corrected chi connectivity index (χ1v) is 8.88. The predicted molar refractivity (Wildman–Crippen MR) is 97.1 cm³/mol. The van der Waals surface area contributed by atoms with Gasteiger partial charge in [0.1, 0.15) is 28.9 Å². The van der Waals surface area contributed by atoms with Crippen molar-refractivity contribution in [3.8, 4) is 17.2 Å². The number of urea groups is 1. The van der Waals surface area contributed by atoms with Crippen LogP contribution in [0.15, 0.2) is 36.4 Å². The first-order valence-electron chi connectivity index (χ1n) is 8.88. The van der Waals surface area contributed by atoms with Crippen molar-refractivity contribution in [3.05, 3.63) is 53.1 Å². The maximum Gasteiger partial charge on any atom is 0.312 e. The fraction of sp³-hybridized carbons (Fsp3) is 0.300. The third-order valence-corrected chi connectivity index (χ3v) is 4.92. The average molecular weight is 368 g/mol. The number of phenols is 1. The highest BCUT2D eigenvalue weighted by Crippen LogP contribution is 2.48. The molecule has 2 amide bonds. The number of rotatable bonds is 2. The van der Waals surface area contributed by atoms with E-state index < -0.39 is 18.2 Å². The second-order valence-corrected chi connectivity index (χ2v) is 6.71. The van der Waals surface area contributed by atoms with Crippen LogP contribution in [-0.4, -0.2) is 23.5 Å². The van der Waals surface area contributed by atoms with Gasteiger partial charge >= 0.3 is 6.03 Å². The lowest BCUT2D eigenvalue weighted by Crippen LogP contribution is -2.33. The molecule has 2 aliphatic rings. The molecule has 2 aromatic carbocycles. The second-order valence-electron chi connectivity index (χ2n) is 6.71. The van der Waals surface area contributed by atoms with Crippen molar-refractivity contribution in [2.45, 2.75) is 31.4 Å². The maximum atomic E-state index is 12.8. The van der Waals surface area contributed by atoms with Crippen molar-refractivity contribution >= 4 is 11.8 Å². The number of hydrogen-bond donors (Lipinski definition) is 3. The summed E-state index contributed by atoms with van der Waals surface area (Å²) in [6.45, 7) is 0.429. The number of nitrogens with two attached hydrogens (primary N) is 1. The van der Waals surface area contributed by atoms with Crippen LogP contribution in [0, 0.1) is 0 Å².